The number of carbonyl (C=O) groups is 5. The van der Waals surface area contributed by atoms with Crippen LogP contribution >= 0.6 is 12.6 Å². The Morgan fingerprint density at radius 2 is 1.57 bits per heavy atom. The first kappa shape index (κ1) is 40.2. The van der Waals surface area contributed by atoms with Crippen LogP contribution < -0.4 is 31.5 Å². The van der Waals surface area contributed by atoms with Crippen molar-refractivity contribution in [3.8, 4) is 0 Å². The molecule has 0 aliphatic carbocycles. The number of aromatic nitrogens is 2. The maximum Gasteiger partial charge on any atom is 0.262 e. The minimum atomic E-state index is -0.981. The largest absolute Gasteiger partial charge is 0.385 e. The Morgan fingerprint density at radius 3 is 2.33 bits per heavy atom. The van der Waals surface area contributed by atoms with Crippen LogP contribution in [0.25, 0.3) is 0 Å². The van der Waals surface area contributed by atoms with Crippen molar-refractivity contribution < 1.29 is 24.0 Å². The highest BCUT2D eigenvalue weighted by molar-refractivity contribution is 7.80. The molecule has 0 bridgehead atoms. The highest BCUT2D eigenvalue weighted by atomic mass is 32.1. The zero-order valence-electron chi connectivity index (χ0n) is 32.4. The number of benzene rings is 3. The Kier molecular flexibility index (Phi) is 12.8. The van der Waals surface area contributed by atoms with Gasteiger partial charge in [-0.25, -0.2) is 4.98 Å². The van der Waals surface area contributed by atoms with E-state index in [1.165, 1.54) is 0 Å². The second-order valence-electron chi connectivity index (χ2n) is 14.7. The summed E-state index contributed by atoms with van der Waals surface area (Å²) >= 11 is 4.42. The minimum absolute atomic E-state index is 0.0401. The number of nitrogens with zero attached hydrogens (tertiary/aromatic N) is 5. The van der Waals surface area contributed by atoms with Gasteiger partial charge in [0.15, 0.2) is 0 Å². The smallest absolute Gasteiger partial charge is 0.262 e. The number of imide groups is 2. The number of piperidine rings is 1. The average Bonchev–Trinajstić information content (AvgIpc) is 3.45. The summed E-state index contributed by atoms with van der Waals surface area (Å²) in [6, 6.07) is 20.0. The van der Waals surface area contributed by atoms with Crippen LogP contribution in [0.4, 0.5) is 34.5 Å². The average molecular weight is 805 g/mol. The van der Waals surface area contributed by atoms with Gasteiger partial charge in [-0.2, -0.15) is 4.98 Å². The number of hydrogen-bond donors (Lipinski definition) is 6. The van der Waals surface area contributed by atoms with Crippen molar-refractivity contribution in [2.24, 2.45) is 0 Å². The van der Waals surface area contributed by atoms with Gasteiger partial charge in [-0.1, -0.05) is 18.9 Å². The standard InChI is InChI=1S/C42H48N10O5S/c1-27-25-45-42(49-38(27)46-30-7-6-8-32(58)23-30)47-28-9-12-31(13-10-28)51-21-19-50(20-22-51)26-37(54)44-18-5-3-2-4-17-43-29-11-14-33-34(24-29)41(57)52(40(33)56)35-15-16-36(53)48-39(35)55/h6-14,23-25,35,43,58H,2-5,15-22,26H2,1H3,(H,44,54)(H,48,53,55)(H2,45,46,47,49). The quantitative estimate of drug-likeness (QED) is 0.0515. The van der Waals surface area contributed by atoms with Gasteiger partial charge in [-0.15, -0.1) is 12.6 Å². The number of carbonyl (C=O) groups excluding carboxylic acids is 5. The van der Waals surface area contributed by atoms with Crippen molar-refractivity contribution in [2.45, 2.75) is 56.4 Å². The van der Waals surface area contributed by atoms with Gasteiger partial charge < -0.3 is 26.2 Å². The molecule has 16 heteroatoms. The Morgan fingerprint density at radius 1 is 0.828 bits per heavy atom. The Balaban J connectivity index is 0.754. The maximum absolute atomic E-state index is 13.1. The molecule has 4 heterocycles. The number of hydrogen-bond acceptors (Lipinski definition) is 13. The molecule has 4 aromatic rings. The summed E-state index contributed by atoms with van der Waals surface area (Å²) < 4.78 is 0. The van der Waals surface area contributed by atoms with Crippen LogP contribution in [0.1, 0.15) is 64.8 Å². The number of piperazine rings is 1. The molecule has 0 spiro atoms. The third-order valence-electron chi connectivity index (χ3n) is 10.5. The lowest BCUT2D eigenvalue weighted by molar-refractivity contribution is -0.136. The summed E-state index contributed by atoms with van der Waals surface area (Å²) in [6.45, 7) is 6.93. The monoisotopic (exact) mass is 804 g/mol. The number of anilines is 6. The lowest BCUT2D eigenvalue weighted by Crippen LogP contribution is -2.54. The van der Waals surface area contributed by atoms with E-state index in [0.717, 1.165) is 95.8 Å². The van der Waals surface area contributed by atoms with E-state index in [0.29, 0.717) is 25.6 Å². The SMILES string of the molecule is Cc1cnc(Nc2ccc(N3CCN(CC(=O)NCCCCCCNc4ccc5c(c4)C(=O)N(C4CCC(=O)NC4=O)C5=O)CC3)cc2)nc1Nc1cccc(S)c1. The number of rotatable bonds is 16. The predicted octanol–water partition coefficient (Wildman–Crippen LogP) is 4.87. The van der Waals surface area contributed by atoms with Crippen LogP contribution in [0.2, 0.25) is 0 Å². The van der Waals surface area contributed by atoms with E-state index in [2.05, 4.69) is 71.1 Å². The van der Waals surface area contributed by atoms with Crippen LogP contribution in [0.15, 0.2) is 77.8 Å². The number of nitrogens with one attached hydrogen (secondary N) is 5. The molecular weight excluding hydrogens is 757 g/mol. The van der Waals surface area contributed by atoms with E-state index in [9.17, 15) is 24.0 Å². The molecule has 15 nitrogen and oxygen atoms in total. The van der Waals surface area contributed by atoms with Crippen molar-refractivity contribution in [3.63, 3.8) is 0 Å². The summed E-state index contributed by atoms with van der Waals surface area (Å²) in [7, 11) is 0. The van der Waals surface area contributed by atoms with Crippen molar-refractivity contribution in [3.05, 3.63) is 89.6 Å². The van der Waals surface area contributed by atoms with Gasteiger partial charge in [0.1, 0.15) is 11.9 Å². The van der Waals surface area contributed by atoms with Crippen molar-refractivity contribution in [1.29, 1.82) is 0 Å². The summed E-state index contributed by atoms with van der Waals surface area (Å²) in [4.78, 5) is 77.9. The molecule has 1 aromatic heterocycles. The van der Waals surface area contributed by atoms with Gasteiger partial charge in [-0.3, -0.25) is 39.1 Å². The molecule has 5 N–H and O–H groups in total. The van der Waals surface area contributed by atoms with E-state index < -0.39 is 29.7 Å². The molecule has 2 fully saturated rings. The minimum Gasteiger partial charge on any atom is -0.385 e. The molecule has 0 radical (unpaired) electrons. The maximum atomic E-state index is 13.1. The summed E-state index contributed by atoms with van der Waals surface area (Å²) in [6.07, 6.45) is 5.72. The summed E-state index contributed by atoms with van der Waals surface area (Å²) in [5.74, 6) is -0.798. The van der Waals surface area contributed by atoms with E-state index in [4.69, 9.17) is 0 Å². The molecule has 3 aliphatic heterocycles. The fourth-order valence-electron chi connectivity index (χ4n) is 7.30. The third kappa shape index (κ3) is 9.92. The Bertz CT molecular complexity index is 2180. The van der Waals surface area contributed by atoms with Crippen LogP contribution in [0, 0.1) is 6.92 Å². The fraction of sp³-hybridized carbons (Fsp3) is 0.357. The predicted molar refractivity (Wildman–Crippen MR) is 225 cm³/mol. The van der Waals surface area contributed by atoms with Gasteiger partial charge >= 0.3 is 0 Å². The summed E-state index contributed by atoms with van der Waals surface area (Å²) in [5, 5.41) is 15.2. The van der Waals surface area contributed by atoms with Gasteiger partial charge in [0.2, 0.25) is 23.7 Å². The third-order valence-corrected chi connectivity index (χ3v) is 10.8. The molecule has 7 rings (SSSR count). The van der Waals surface area contributed by atoms with Crippen LogP contribution in [-0.4, -0.2) is 101 Å². The zero-order chi connectivity index (χ0) is 40.6. The van der Waals surface area contributed by atoms with E-state index >= 15 is 0 Å². The molecule has 3 aromatic carbocycles. The molecular formula is C42H48N10O5S. The Labute approximate surface area is 342 Å². The molecule has 1 atom stereocenters. The Hall–Kier alpha value is -6.00. The first-order chi connectivity index (χ1) is 28.1. The normalized spacial score (nSPS) is 16.9. The van der Waals surface area contributed by atoms with E-state index in [1.54, 1.807) is 24.4 Å². The molecule has 1 unspecified atom stereocenters. The molecule has 2 saturated heterocycles. The molecule has 3 aliphatic rings. The van der Waals surface area contributed by atoms with Crippen LogP contribution in [0.3, 0.4) is 0 Å². The van der Waals surface area contributed by atoms with Crippen LogP contribution in [-0.2, 0) is 14.4 Å². The molecule has 0 saturated carbocycles. The second-order valence-corrected chi connectivity index (χ2v) is 15.3. The molecule has 302 valence electrons. The fourth-order valence-corrected chi connectivity index (χ4v) is 7.53. The van der Waals surface area contributed by atoms with Gasteiger partial charge in [0.25, 0.3) is 11.8 Å². The highest BCUT2D eigenvalue weighted by Crippen LogP contribution is 2.30. The van der Waals surface area contributed by atoms with Crippen molar-refractivity contribution in [2.75, 3.05) is 66.7 Å². The van der Waals surface area contributed by atoms with Crippen molar-refractivity contribution in [1.82, 2.24) is 30.4 Å². The molecule has 58 heavy (non-hydrogen) atoms. The van der Waals surface area contributed by atoms with Gasteiger partial charge in [-0.05, 0) is 86.8 Å². The van der Waals surface area contributed by atoms with E-state index in [-0.39, 0.29) is 29.9 Å². The highest BCUT2D eigenvalue weighted by Gasteiger charge is 2.44. The first-order valence-corrected chi connectivity index (χ1v) is 20.2. The number of unbranched alkanes of at least 4 members (excludes halogenated alkanes) is 3. The number of thiol groups is 1. The van der Waals surface area contributed by atoms with Gasteiger partial charge in [0.05, 0.1) is 17.7 Å². The number of amides is 5. The van der Waals surface area contributed by atoms with E-state index in [1.807, 2.05) is 43.3 Å². The topological polar surface area (TPSA) is 181 Å². The lowest BCUT2D eigenvalue weighted by atomic mass is 10.0. The lowest BCUT2D eigenvalue weighted by Gasteiger charge is -2.35. The summed E-state index contributed by atoms with van der Waals surface area (Å²) in [5.41, 5.74) is 5.08. The second kappa shape index (κ2) is 18.5. The van der Waals surface area contributed by atoms with Crippen molar-refractivity contribution >= 4 is 76.7 Å². The first-order valence-electron chi connectivity index (χ1n) is 19.7. The van der Waals surface area contributed by atoms with Gasteiger partial charge in [0, 0.05) is 85.1 Å². The number of aryl methyl sites for hydroxylation is 1. The zero-order valence-corrected chi connectivity index (χ0v) is 33.3. The van der Waals surface area contributed by atoms with Crippen LogP contribution in [0.5, 0.6) is 0 Å². The number of fused-ring (bicyclic) bond motifs is 1. The molecule has 5 amide bonds.